The molecule has 24 heavy (non-hydrogen) atoms. The van der Waals surface area contributed by atoms with Crippen molar-refractivity contribution in [1.82, 2.24) is 4.98 Å². The second kappa shape index (κ2) is 7.53. The second-order valence-electron chi connectivity index (χ2n) is 5.51. The molecule has 3 rings (SSSR count). The molecular formula is C20H18N2O2. The molecule has 4 heteroatoms. The highest BCUT2D eigenvalue weighted by atomic mass is 16.3. The van der Waals surface area contributed by atoms with E-state index in [2.05, 4.69) is 10.3 Å². The van der Waals surface area contributed by atoms with E-state index in [1.54, 1.807) is 12.4 Å². The highest BCUT2D eigenvalue weighted by molar-refractivity contribution is 5.94. The van der Waals surface area contributed by atoms with Crippen LogP contribution in [0.15, 0.2) is 79.1 Å². The highest BCUT2D eigenvalue weighted by Gasteiger charge is 2.15. The topological polar surface area (TPSA) is 62.2 Å². The zero-order valence-electron chi connectivity index (χ0n) is 13.1. The Morgan fingerprint density at radius 1 is 0.917 bits per heavy atom. The van der Waals surface area contributed by atoms with Gasteiger partial charge in [0.15, 0.2) is 0 Å². The summed E-state index contributed by atoms with van der Waals surface area (Å²) in [6, 6.07) is 20.8. The van der Waals surface area contributed by atoms with Gasteiger partial charge >= 0.3 is 0 Å². The highest BCUT2D eigenvalue weighted by Crippen LogP contribution is 2.20. The first kappa shape index (κ1) is 15.9. The Hall–Kier alpha value is -2.98. The maximum Gasteiger partial charge on any atom is 0.253 e. The van der Waals surface area contributed by atoms with Crippen LogP contribution in [0.3, 0.4) is 0 Å². The summed E-state index contributed by atoms with van der Waals surface area (Å²) in [5.41, 5.74) is 3.69. The molecule has 2 aromatic carbocycles. The summed E-state index contributed by atoms with van der Waals surface area (Å²) >= 11 is 0. The smallest absolute Gasteiger partial charge is 0.253 e. The first-order valence-electron chi connectivity index (χ1n) is 7.76. The van der Waals surface area contributed by atoms with E-state index in [-0.39, 0.29) is 0 Å². The van der Waals surface area contributed by atoms with E-state index >= 15 is 0 Å². The number of nitrogens with zero attached hydrogens (tertiary/aromatic N) is 1. The molecule has 0 aliphatic rings. The largest absolute Gasteiger partial charge is 0.383 e. The van der Waals surface area contributed by atoms with E-state index in [0.29, 0.717) is 12.1 Å². The molecule has 0 aliphatic carbocycles. The quantitative estimate of drug-likeness (QED) is 0.759. The van der Waals surface area contributed by atoms with Crippen molar-refractivity contribution >= 4 is 11.6 Å². The summed E-state index contributed by atoms with van der Waals surface area (Å²) in [4.78, 5) is 16.1. The summed E-state index contributed by atoms with van der Waals surface area (Å²) in [5, 5.41) is 12.8. The molecule has 1 atom stereocenters. The minimum Gasteiger partial charge on any atom is -0.383 e. The van der Waals surface area contributed by atoms with Crippen molar-refractivity contribution in [2.24, 2.45) is 0 Å². The normalized spacial score (nSPS) is 11.7. The first-order chi connectivity index (χ1) is 11.7. The lowest BCUT2D eigenvalue weighted by Gasteiger charge is -2.12. The van der Waals surface area contributed by atoms with Crippen LogP contribution in [-0.2, 0) is 11.2 Å². The van der Waals surface area contributed by atoms with Crippen molar-refractivity contribution in [2.75, 3.05) is 5.32 Å². The standard InChI is InChI=1S/C20H18N2O2/c23-19(14-15-4-2-1-3-5-15)20(24)22-18-8-6-16(7-9-18)17-10-12-21-13-11-17/h1-13,19,23H,14H2,(H,22,24)/t19-/m0/s1. The van der Waals surface area contributed by atoms with Crippen LogP contribution in [0.5, 0.6) is 0 Å². The van der Waals surface area contributed by atoms with E-state index in [4.69, 9.17) is 0 Å². The molecule has 0 saturated heterocycles. The monoisotopic (exact) mass is 318 g/mol. The van der Waals surface area contributed by atoms with Gasteiger partial charge in [0.1, 0.15) is 6.10 Å². The van der Waals surface area contributed by atoms with Gasteiger partial charge in [0.05, 0.1) is 0 Å². The Morgan fingerprint density at radius 2 is 1.54 bits per heavy atom. The Balaban J connectivity index is 1.62. The number of carbonyl (C=O) groups is 1. The summed E-state index contributed by atoms with van der Waals surface area (Å²) < 4.78 is 0. The van der Waals surface area contributed by atoms with Gasteiger partial charge in [-0.1, -0.05) is 42.5 Å². The van der Waals surface area contributed by atoms with E-state index in [0.717, 1.165) is 16.7 Å². The van der Waals surface area contributed by atoms with Gasteiger partial charge in [-0.25, -0.2) is 0 Å². The number of aromatic nitrogens is 1. The second-order valence-corrected chi connectivity index (χ2v) is 5.51. The van der Waals surface area contributed by atoms with Crippen LogP contribution in [0.4, 0.5) is 5.69 Å². The van der Waals surface area contributed by atoms with Crippen molar-refractivity contribution in [3.63, 3.8) is 0 Å². The Labute approximate surface area is 140 Å². The fraction of sp³-hybridized carbons (Fsp3) is 0.100. The third-order valence-corrected chi connectivity index (χ3v) is 3.74. The Kier molecular flexibility index (Phi) is 4.99. The average Bonchev–Trinajstić information content (AvgIpc) is 2.64. The number of pyridine rings is 1. The predicted molar refractivity (Wildman–Crippen MR) is 94.5 cm³/mol. The predicted octanol–water partition coefficient (Wildman–Crippen LogP) is 3.29. The molecule has 0 spiro atoms. The fourth-order valence-corrected chi connectivity index (χ4v) is 2.45. The molecule has 1 heterocycles. The summed E-state index contributed by atoms with van der Waals surface area (Å²) in [6.07, 6.45) is 2.70. The van der Waals surface area contributed by atoms with E-state index in [1.165, 1.54) is 0 Å². The number of rotatable bonds is 5. The lowest BCUT2D eigenvalue weighted by atomic mass is 10.1. The third kappa shape index (κ3) is 4.06. The maximum atomic E-state index is 12.1. The molecule has 3 aromatic rings. The number of hydrogen-bond acceptors (Lipinski definition) is 3. The van der Waals surface area contributed by atoms with Gasteiger partial charge in [0, 0.05) is 24.5 Å². The first-order valence-corrected chi connectivity index (χ1v) is 7.76. The van der Waals surface area contributed by atoms with Crippen LogP contribution in [0.2, 0.25) is 0 Å². The van der Waals surface area contributed by atoms with Crippen LogP contribution >= 0.6 is 0 Å². The molecule has 0 fully saturated rings. The van der Waals surface area contributed by atoms with Crippen LogP contribution in [-0.4, -0.2) is 22.1 Å². The summed E-state index contributed by atoms with van der Waals surface area (Å²) in [5.74, 6) is -0.407. The van der Waals surface area contributed by atoms with Crippen LogP contribution < -0.4 is 5.32 Å². The molecule has 0 unspecified atom stereocenters. The lowest BCUT2D eigenvalue weighted by molar-refractivity contribution is -0.123. The Morgan fingerprint density at radius 3 is 2.21 bits per heavy atom. The van der Waals surface area contributed by atoms with Crippen LogP contribution in [0.1, 0.15) is 5.56 Å². The number of anilines is 1. The van der Waals surface area contributed by atoms with Crippen molar-refractivity contribution in [2.45, 2.75) is 12.5 Å². The zero-order chi connectivity index (χ0) is 16.8. The van der Waals surface area contributed by atoms with Gasteiger partial charge in [-0.05, 0) is 41.0 Å². The van der Waals surface area contributed by atoms with Crippen molar-refractivity contribution in [3.05, 3.63) is 84.7 Å². The third-order valence-electron chi connectivity index (χ3n) is 3.74. The zero-order valence-corrected chi connectivity index (χ0v) is 13.1. The van der Waals surface area contributed by atoms with Crippen molar-refractivity contribution < 1.29 is 9.90 Å². The lowest BCUT2D eigenvalue weighted by Crippen LogP contribution is -2.29. The summed E-state index contributed by atoms with van der Waals surface area (Å²) in [6.45, 7) is 0. The molecule has 0 saturated carbocycles. The minimum absolute atomic E-state index is 0.293. The number of hydrogen-bond donors (Lipinski definition) is 2. The van der Waals surface area contributed by atoms with E-state index < -0.39 is 12.0 Å². The molecule has 4 nitrogen and oxygen atoms in total. The van der Waals surface area contributed by atoms with Gasteiger partial charge in [0.2, 0.25) is 0 Å². The van der Waals surface area contributed by atoms with Gasteiger partial charge in [-0.15, -0.1) is 0 Å². The number of benzene rings is 2. The number of carbonyl (C=O) groups excluding carboxylic acids is 1. The number of nitrogens with one attached hydrogen (secondary N) is 1. The molecular weight excluding hydrogens is 300 g/mol. The fourth-order valence-electron chi connectivity index (χ4n) is 2.45. The van der Waals surface area contributed by atoms with Crippen molar-refractivity contribution in [1.29, 1.82) is 0 Å². The molecule has 1 aromatic heterocycles. The molecule has 2 N–H and O–H groups in total. The van der Waals surface area contributed by atoms with Gasteiger partial charge < -0.3 is 10.4 Å². The van der Waals surface area contributed by atoms with Gasteiger partial charge in [-0.3, -0.25) is 9.78 Å². The number of aliphatic hydroxyl groups excluding tert-OH is 1. The SMILES string of the molecule is O=C(Nc1ccc(-c2ccncc2)cc1)[C@@H](O)Cc1ccccc1. The van der Waals surface area contributed by atoms with Crippen molar-refractivity contribution in [3.8, 4) is 11.1 Å². The van der Waals surface area contributed by atoms with Crippen LogP contribution in [0.25, 0.3) is 11.1 Å². The Bertz CT molecular complexity index is 787. The molecule has 1 amide bonds. The van der Waals surface area contributed by atoms with Crippen LogP contribution in [0, 0.1) is 0 Å². The summed E-state index contributed by atoms with van der Waals surface area (Å²) in [7, 11) is 0. The molecule has 0 bridgehead atoms. The minimum atomic E-state index is -1.08. The average molecular weight is 318 g/mol. The van der Waals surface area contributed by atoms with Gasteiger partial charge in [-0.2, -0.15) is 0 Å². The molecule has 120 valence electrons. The maximum absolute atomic E-state index is 12.1. The molecule has 0 aliphatic heterocycles. The number of amides is 1. The number of aliphatic hydroxyl groups is 1. The van der Waals surface area contributed by atoms with E-state index in [1.807, 2.05) is 66.7 Å². The molecule has 0 radical (unpaired) electrons. The van der Waals surface area contributed by atoms with E-state index in [9.17, 15) is 9.90 Å². The van der Waals surface area contributed by atoms with Gasteiger partial charge in [0.25, 0.3) is 5.91 Å².